The lowest BCUT2D eigenvalue weighted by molar-refractivity contribution is -0.124. The third-order valence-corrected chi connectivity index (χ3v) is 4.51. The van der Waals surface area contributed by atoms with E-state index in [1.807, 2.05) is 37.3 Å². The summed E-state index contributed by atoms with van der Waals surface area (Å²) < 4.78 is 12.5. The first kappa shape index (κ1) is 21.8. The number of nitrogens with zero attached hydrogens (tertiary/aromatic N) is 2. The number of nitriles is 1. The second-order valence-corrected chi connectivity index (χ2v) is 7.37. The number of carbonyl (C=O) groups excluding carboxylic acids is 1. The number of rotatable bonds is 7. The smallest absolute Gasteiger partial charge is 0.264 e. The monoisotopic (exact) mass is 462 g/mol. The Kier molecular flexibility index (Phi) is 7.91. The van der Waals surface area contributed by atoms with Gasteiger partial charge in [0.2, 0.25) is 0 Å². The largest absolute Gasteiger partial charge is 0.490 e. The summed E-state index contributed by atoms with van der Waals surface area (Å²) in [4.78, 5) is 13.4. The first-order valence-electron chi connectivity index (χ1n) is 8.52. The standard InChI is InChI=1S/C21H20BrClN2O3/c1-4-27-19-11-15(9-16(12-24)21(26)25(2)3)10-18(23)20(19)28-13-14-5-7-17(22)8-6-14/h5-11H,4,13H2,1-3H3/b16-9-. The normalized spacial score (nSPS) is 10.9. The summed E-state index contributed by atoms with van der Waals surface area (Å²) in [6.45, 7) is 2.59. The van der Waals surface area contributed by atoms with E-state index < -0.39 is 0 Å². The average Bonchev–Trinajstić information content (AvgIpc) is 2.66. The lowest BCUT2D eigenvalue weighted by atomic mass is 10.1. The van der Waals surface area contributed by atoms with Crippen LogP contribution in [0.15, 0.2) is 46.4 Å². The minimum absolute atomic E-state index is 0.00652. The van der Waals surface area contributed by atoms with Crippen LogP contribution in [-0.2, 0) is 11.4 Å². The molecule has 0 saturated carbocycles. The minimum Gasteiger partial charge on any atom is -0.490 e. The molecule has 1 amide bonds. The fourth-order valence-corrected chi connectivity index (χ4v) is 2.90. The number of hydrogen-bond acceptors (Lipinski definition) is 4. The molecule has 0 heterocycles. The summed E-state index contributed by atoms with van der Waals surface area (Å²) in [5, 5.41) is 9.61. The van der Waals surface area contributed by atoms with Crippen molar-refractivity contribution < 1.29 is 14.3 Å². The van der Waals surface area contributed by atoms with E-state index in [9.17, 15) is 10.1 Å². The van der Waals surface area contributed by atoms with Crippen LogP contribution in [0.1, 0.15) is 18.1 Å². The van der Waals surface area contributed by atoms with E-state index in [4.69, 9.17) is 21.1 Å². The number of benzene rings is 2. The van der Waals surface area contributed by atoms with Crippen molar-refractivity contribution in [1.29, 1.82) is 5.26 Å². The molecule has 0 fully saturated rings. The van der Waals surface area contributed by atoms with Gasteiger partial charge in [-0.15, -0.1) is 0 Å². The van der Waals surface area contributed by atoms with Crippen molar-refractivity contribution in [3.63, 3.8) is 0 Å². The third kappa shape index (κ3) is 5.75. The topological polar surface area (TPSA) is 62.6 Å². The number of likely N-dealkylation sites (N-methyl/N-ethyl adjacent to an activating group) is 1. The Labute approximate surface area is 178 Å². The third-order valence-electron chi connectivity index (χ3n) is 3.70. The van der Waals surface area contributed by atoms with Gasteiger partial charge < -0.3 is 14.4 Å². The highest BCUT2D eigenvalue weighted by Gasteiger charge is 2.15. The van der Waals surface area contributed by atoms with Crippen molar-refractivity contribution in [2.45, 2.75) is 13.5 Å². The van der Waals surface area contributed by atoms with Crippen LogP contribution in [0.3, 0.4) is 0 Å². The Morgan fingerprint density at radius 1 is 1.25 bits per heavy atom. The molecule has 0 aromatic heterocycles. The van der Waals surface area contributed by atoms with Gasteiger partial charge in [-0.25, -0.2) is 0 Å². The van der Waals surface area contributed by atoms with E-state index in [1.165, 1.54) is 11.0 Å². The predicted molar refractivity (Wildman–Crippen MR) is 113 cm³/mol. The summed E-state index contributed by atoms with van der Waals surface area (Å²) in [6, 6.07) is 13.0. The van der Waals surface area contributed by atoms with Gasteiger partial charge in [0.1, 0.15) is 18.2 Å². The van der Waals surface area contributed by atoms with Gasteiger partial charge in [-0.3, -0.25) is 4.79 Å². The summed E-state index contributed by atoms with van der Waals surface area (Å²) in [7, 11) is 3.18. The molecule has 2 rings (SSSR count). The van der Waals surface area contributed by atoms with Crippen molar-refractivity contribution in [2.24, 2.45) is 0 Å². The molecule has 0 bridgehead atoms. The van der Waals surface area contributed by atoms with Gasteiger partial charge in [0.25, 0.3) is 5.91 Å². The fourth-order valence-electron chi connectivity index (χ4n) is 2.36. The van der Waals surface area contributed by atoms with Gasteiger partial charge in [-0.2, -0.15) is 5.26 Å². The van der Waals surface area contributed by atoms with Crippen molar-refractivity contribution in [2.75, 3.05) is 20.7 Å². The molecule has 0 N–H and O–H groups in total. The molecule has 2 aromatic carbocycles. The van der Waals surface area contributed by atoms with Gasteiger partial charge in [-0.1, -0.05) is 39.7 Å². The highest BCUT2D eigenvalue weighted by atomic mass is 79.9. The van der Waals surface area contributed by atoms with Crippen LogP contribution in [-0.4, -0.2) is 31.5 Å². The molecule has 5 nitrogen and oxygen atoms in total. The molecule has 28 heavy (non-hydrogen) atoms. The van der Waals surface area contributed by atoms with E-state index in [0.717, 1.165) is 10.0 Å². The zero-order valence-corrected chi connectivity index (χ0v) is 18.2. The van der Waals surface area contributed by atoms with Gasteiger partial charge in [0.15, 0.2) is 11.5 Å². The predicted octanol–water partition coefficient (Wildman–Crippen LogP) is 5.08. The first-order valence-corrected chi connectivity index (χ1v) is 9.69. The SMILES string of the molecule is CCOc1cc(/C=C(/C#N)C(=O)N(C)C)cc(Cl)c1OCc1ccc(Br)cc1. The van der Waals surface area contributed by atoms with Crippen LogP contribution >= 0.6 is 27.5 Å². The molecule has 0 aliphatic carbocycles. The molecule has 0 atom stereocenters. The maximum atomic E-state index is 12.1. The van der Waals surface area contributed by atoms with Gasteiger partial charge >= 0.3 is 0 Å². The summed E-state index contributed by atoms with van der Waals surface area (Å²) in [5.74, 6) is 0.487. The Balaban J connectivity index is 2.34. The lowest BCUT2D eigenvalue weighted by Gasteiger charge is -2.15. The van der Waals surface area contributed by atoms with Crippen LogP contribution in [0.2, 0.25) is 5.02 Å². The maximum Gasteiger partial charge on any atom is 0.264 e. The highest BCUT2D eigenvalue weighted by Crippen LogP contribution is 2.38. The Hall–Kier alpha value is -2.49. The van der Waals surface area contributed by atoms with E-state index in [-0.39, 0.29) is 11.5 Å². The van der Waals surface area contributed by atoms with Crippen molar-refractivity contribution in [3.8, 4) is 17.6 Å². The van der Waals surface area contributed by atoms with Crippen LogP contribution in [0.4, 0.5) is 0 Å². The van der Waals surface area contributed by atoms with Crippen molar-refractivity contribution in [3.05, 3.63) is 62.6 Å². The molecule has 2 aromatic rings. The molecule has 0 radical (unpaired) electrons. The second kappa shape index (κ2) is 10.2. The number of hydrogen-bond donors (Lipinski definition) is 0. The Morgan fingerprint density at radius 3 is 2.50 bits per heavy atom. The number of halogens is 2. The molecular formula is C21H20BrClN2O3. The average molecular weight is 464 g/mol. The van der Waals surface area contributed by atoms with E-state index >= 15 is 0 Å². The van der Waals surface area contributed by atoms with Crippen LogP contribution < -0.4 is 9.47 Å². The zero-order chi connectivity index (χ0) is 20.7. The number of ether oxygens (including phenoxy) is 2. The second-order valence-electron chi connectivity index (χ2n) is 6.05. The minimum atomic E-state index is -0.382. The quantitative estimate of drug-likeness (QED) is 0.424. The fraction of sp³-hybridized carbons (Fsp3) is 0.238. The van der Waals surface area contributed by atoms with Crippen LogP contribution in [0.25, 0.3) is 6.08 Å². The van der Waals surface area contributed by atoms with Crippen molar-refractivity contribution in [1.82, 2.24) is 4.90 Å². The molecule has 146 valence electrons. The molecule has 0 aliphatic rings. The van der Waals surface area contributed by atoms with Crippen molar-refractivity contribution >= 4 is 39.5 Å². The highest BCUT2D eigenvalue weighted by molar-refractivity contribution is 9.10. The van der Waals surface area contributed by atoms with Crippen LogP contribution in [0.5, 0.6) is 11.5 Å². The lowest BCUT2D eigenvalue weighted by Crippen LogP contribution is -2.22. The first-order chi connectivity index (χ1) is 13.3. The van der Waals surface area contributed by atoms with Crippen LogP contribution in [0, 0.1) is 11.3 Å². The molecule has 0 unspecified atom stereocenters. The number of carbonyl (C=O) groups is 1. The van der Waals surface area contributed by atoms with Gasteiger partial charge in [0, 0.05) is 18.6 Å². The van der Waals surface area contributed by atoms with Gasteiger partial charge in [-0.05, 0) is 48.4 Å². The molecule has 0 aliphatic heterocycles. The molecule has 0 saturated heterocycles. The maximum absolute atomic E-state index is 12.1. The summed E-state index contributed by atoms with van der Waals surface area (Å²) in [6.07, 6.45) is 1.48. The number of amides is 1. The molecular weight excluding hydrogens is 444 g/mol. The van der Waals surface area contributed by atoms with E-state index in [1.54, 1.807) is 26.2 Å². The zero-order valence-electron chi connectivity index (χ0n) is 15.8. The van der Waals surface area contributed by atoms with Gasteiger partial charge in [0.05, 0.1) is 11.6 Å². The van der Waals surface area contributed by atoms with E-state index in [0.29, 0.717) is 35.3 Å². The molecule has 0 spiro atoms. The summed E-state index contributed by atoms with van der Waals surface area (Å²) >= 11 is 9.81. The molecule has 7 heteroatoms. The van der Waals surface area contributed by atoms with E-state index in [2.05, 4.69) is 15.9 Å². The Morgan fingerprint density at radius 2 is 1.93 bits per heavy atom. The Bertz CT molecular complexity index is 918. The summed E-state index contributed by atoms with van der Waals surface area (Å²) in [5.41, 5.74) is 1.57.